The van der Waals surface area contributed by atoms with E-state index in [0.29, 0.717) is 5.57 Å². The minimum absolute atomic E-state index is 0.174. The van der Waals surface area contributed by atoms with E-state index in [1.165, 1.54) is 7.11 Å². The number of hydrogen-bond donors (Lipinski definition) is 0. The van der Waals surface area contributed by atoms with Crippen molar-refractivity contribution < 1.29 is 23.7 Å². The molecule has 2 rings (SSSR count). The molecule has 1 heterocycles. The molecule has 5 nitrogen and oxygen atoms in total. The van der Waals surface area contributed by atoms with E-state index in [1.807, 2.05) is 41.5 Å². The molecule has 120 valence electrons. The summed E-state index contributed by atoms with van der Waals surface area (Å²) in [4.78, 5) is 12.4. The Balaban J connectivity index is 2.84. The predicted molar refractivity (Wildman–Crippen MR) is 77.8 cm³/mol. The molecular formula is C16H26O5. The first-order chi connectivity index (χ1) is 9.53. The average molecular weight is 298 g/mol. The predicted octanol–water partition coefficient (Wildman–Crippen LogP) is 2.44. The molecule has 0 aromatic heterocycles. The number of ether oxygens (including phenoxy) is 4. The molecular weight excluding hydrogens is 272 g/mol. The fraction of sp³-hybridized carbons (Fsp3) is 0.812. The molecule has 1 aliphatic heterocycles. The lowest BCUT2D eigenvalue weighted by atomic mass is 9.52. The Morgan fingerprint density at radius 3 is 2.14 bits per heavy atom. The summed E-state index contributed by atoms with van der Waals surface area (Å²) in [6.07, 6.45) is 0. The summed E-state index contributed by atoms with van der Waals surface area (Å²) >= 11 is 0. The molecule has 1 fully saturated rings. The zero-order valence-corrected chi connectivity index (χ0v) is 14.2. The van der Waals surface area contributed by atoms with Crippen LogP contribution in [0, 0.1) is 5.41 Å². The molecule has 0 saturated carbocycles. The minimum Gasteiger partial charge on any atom is -0.466 e. The first-order valence-electron chi connectivity index (χ1n) is 7.16. The number of fused-ring (bicyclic) bond motifs is 1. The van der Waals surface area contributed by atoms with Gasteiger partial charge < -0.3 is 18.9 Å². The molecule has 0 bridgehead atoms. The molecule has 5 heteroatoms. The third-order valence-corrected chi connectivity index (χ3v) is 6.22. The van der Waals surface area contributed by atoms with Crippen molar-refractivity contribution in [3.05, 3.63) is 11.1 Å². The summed E-state index contributed by atoms with van der Waals surface area (Å²) in [6, 6.07) is 0. The molecule has 1 aliphatic carbocycles. The summed E-state index contributed by atoms with van der Waals surface area (Å²) in [5.41, 5.74) is -1.36. The van der Waals surface area contributed by atoms with Crippen LogP contribution in [0.2, 0.25) is 0 Å². The number of methoxy groups -OCH3 is 2. The van der Waals surface area contributed by atoms with Crippen molar-refractivity contribution >= 4 is 5.97 Å². The van der Waals surface area contributed by atoms with Gasteiger partial charge in [-0.15, -0.1) is 0 Å². The van der Waals surface area contributed by atoms with Crippen LogP contribution in [-0.4, -0.2) is 43.8 Å². The second-order valence-corrected chi connectivity index (χ2v) is 6.83. The maximum absolute atomic E-state index is 12.4. The van der Waals surface area contributed by atoms with Crippen LogP contribution in [0.25, 0.3) is 0 Å². The van der Waals surface area contributed by atoms with Gasteiger partial charge in [0.25, 0.3) is 0 Å². The van der Waals surface area contributed by atoms with Gasteiger partial charge in [0.15, 0.2) is 0 Å². The number of carbonyl (C=O) groups excluding carboxylic acids is 1. The van der Waals surface area contributed by atoms with Crippen LogP contribution in [0.5, 0.6) is 0 Å². The van der Waals surface area contributed by atoms with E-state index in [1.54, 1.807) is 7.11 Å². The quantitative estimate of drug-likeness (QED) is 0.733. The van der Waals surface area contributed by atoms with Crippen molar-refractivity contribution in [1.82, 2.24) is 0 Å². The second kappa shape index (κ2) is 4.54. The summed E-state index contributed by atoms with van der Waals surface area (Å²) in [6.45, 7) is 12.0. The molecule has 3 atom stereocenters. The Hall–Kier alpha value is -0.910. The Kier molecular flexibility index (Phi) is 3.56. The highest BCUT2D eigenvalue weighted by atomic mass is 16.7. The molecule has 0 unspecified atom stereocenters. The fourth-order valence-electron chi connectivity index (χ4n) is 4.10. The Morgan fingerprint density at radius 2 is 1.67 bits per heavy atom. The largest absolute Gasteiger partial charge is 0.466 e. The maximum atomic E-state index is 12.4. The third kappa shape index (κ3) is 1.60. The highest BCUT2D eigenvalue weighted by molar-refractivity contribution is 5.92. The van der Waals surface area contributed by atoms with E-state index in [9.17, 15) is 4.79 Å². The van der Waals surface area contributed by atoms with Crippen LogP contribution in [0.1, 0.15) is 41.5 Å². The Bertz CT molecular complexity index is 509. The van der Waals surface area contributed by atoms with Crippen molar-refractivity contribution in [2.75, 3.05) is 21.0 Å². The highest BCUT2D eigenvalue weighted by Gasteiger charge is 2.72. The van der Waals surface area contributed by atoms with Gasteiger partial charge in [-0.25, -0.2) is 4.79 Å². The number of hydrogen-bond acceptors (Lipinski definition) is 5. The van der Waals surface area contributed by atoms with Crippen molar-refractivity contribution in [2.24, 2.45) is 5.41 Å². The van der Waals surface area contributed by atoms with Gasteiger partial charge in [-0.2, -0.15) is 0 Å². The number of rotatable bonds is 2. The minimum atomic E-state index is -0.756. The average Bonchev–Trinajstić information content (AvgIpc) is 2.74. The highest BCUT2D eigenvalue weighted by Crippen LogP contribution is 2.61. The fourth-order valence-corrected chi connectivity index (χ4v) is 4.10. The lowest BCUT2D eigenvalue weighted by Crippen LogP contribution is -2.72. The lowest BCUT2D eigenvalue weighted by Gasteiger charge is -2.60. The van der Waals surface area contributed by atoms with Gasteiger partial charge in [0.2, 0.25) is 0 Å². The number of carbonyl (C=O) groups is 1. The molecule has 2 aliphatic rings. The summed E-state index contributed by atoms with van der Waals surface area (Å²) in [7, 11) is 3.04. The molecule has 0 aromatic rings. The summed E-state index contributed by atoms with van der Waals surface area (Å²) < 4.78 is 22.8. The summed E-state index contributed by atoms with van der Waals surface area (Å²) in [5.74, 6) is -0.348. The second-order valence-electron chi connectivity index (χ2n) is 6.83. The van der Waals surface area contributed by atoms with E-state index in [-0.39, 0.29) is 12.8 Å². The normalized spacial score (nSPS) is 41.9. The van der Waals surface area contributed by atoms with E-state index >= 15 is 0 Å². The van der Waals surface area contributed by atoms with Crippen LogP contribution in [-0.2, 0) is 23.7 Å². The van der Waals surface area contributed by atoms with Crippen LogP contribution in [0.3, 0.4) is 0 Å². The zero-order chi connectivity index (χ0) is 16.3. The van der Waals surface area contributed by atoms with E-state index in [2.05, 4.69) is 0 Å². The van der Waals surface area contributed by atoms with Gasteiger partial charge in [-0.1, -0.05) is 13.8 Å². The monoisotopic (exact) mass is 298 g/mol. The van der Waals surface area contributed by atoms with Gasteiger partial charge in [0.1, 0.15) is 23.6 Å². The van der Waals surface area contributed by atoms with Crippen LogP contribution in [0.4, 0.5) is 0 Å². The van der Waals surface area contributed by atoms with Crippen molar-refractivity contribution in [3.8, 4) is 0 Å². The van der Waals surface area contributed by atoms with Crippen LogP contribution in [0.15, 0.2) is 11.1 Å². The zero-order valence-electron chi connectivity index (χ0n) is 14.2. The SMILES string of the molecule is COC(=O)C1=C(C)[C@@]2(C)OCO[C@@]2(C)[C@](C)(OC)C1(C)C. The topological polar surface area (TPSA) is 54.0 Å². The Morgan fingerprint density at radius 1 is 1.10 bits per heavy atom. The van der Waals surface area contributed by atoms with E-state index in [0.717, 1.165) is 5.57 Å². The number of esters is 1. The van der Waals surface area contributed by atoms with Gasteiger partial charge in [-0.05, 0) is 33.3 Å². The van der Waals surface area contributed by atoms with Gasteiger partial charge in [-0.3, -0.25) is 0 Å². The molecule has 21 heavy (non-hydrogen) atoms. The molecule has 0 spiro atoms. The molecule has 0 N–H and O–H groups in total. The summed E-state index contributed by atoms with van der Waals surface area (Å²) in [5, 5.41) is 0. The van der Waals surface area contributed by atoms with Crippen molar-refractivity contribution in [1.29, 1.82) is 0 Å². The van der Waals surface area contributed by atoms with E-state index < -0.39 is 22.2 Å². The molecule has 0 radical (unpaired) electrons. The smallest absolute Gasteiger partial charge is 0.334 e. The first-order valence-corrected chi connectivity index (χ1v) is 7.16. The van der Waals surface area contributed by atoms with Crippen LogP contribution < -0.4 is 0 Å². The first kappa shape index (κ1) is 16.5. The lowest BCUT2D eigenvalue weighted by molar-refractivity contribution is -0.226. The van der Waals surface area contributed by atoms with Gasteiger partial charge >= 0.3 is 5.97 Å². The van der Waals surface area contributed by atoms with E-state index in [4.69, 9.17) is 18.9 Å². The van der Waals surface area contributed by atoms with Crippen molar-refractivity contribution in [2.45, 2.75) is 58.3 Å². The standard InChI is InChI=1S/C16H26O5/c1-10-11(12(17)18-7)13(2,3)15(5,19-8)16(6)14(10,4)20-9-21-16/h9H2,1-8H3/t14-,15-,16-/m1/s1. The van der Waals surface area contributed by atoms with Crippen molar-refractivity contribution in [3.63, 3.8) is 0 Å². The van der Waals surface area contributed by atoms with Gasteiger partial charge in [0, 0.05) is 18.1 Å². The molecule has 0 amide bonds. The molecule has 1 saturated heterocycles. The maximum Gasteiger partial charge on any atom is 0.334 e. The third-order valence-electron chi connectivity index (χ3n) is 6.22. The van der Waals surface area contributed by atoms with Crippen LogP contribution >= 0.6 is 0 Å². The van der Waals surface area contributed by atoms with Gasteiger partial charge in [0.05, 0.1) is 7.11 Å². The Labute approximate surface area is 126 Å². The molecule has 0 aromatic carbocycles.